The van der Waals surface area contributed by atoms with Gasteiger partial charge in [0.2, 0.25) is 0 Å². The average Bonchev–Trinajstić information content (AvgIpc) is 2.53. The topological polar surface area (TPSA) is 97.7 Å². The van der Waals surface area contributed by atoms with Crippen LogP contribution in [-0.2, 0) is 0 Å². The minimum absolute atomic E-state index is 0.143. The van der Waals surface area contributed by atoms with Crippen LogP contribution in [0.4, 0.5) is 5.82 Å². The van der Waals surface area contributed by atoms with Crippen LogP contribution in [0.15, 0.2) is 36.4 Å². The highest BCUT2D eigenvalue weighted by Gasteiger charge is 2.13. The molecule has 2 N–H and O–H groups in total. The quantitative estimate of drug-likeness (QED) is 0.770. The van der Waals surface area contributed by atoms with Crippen LogP contribution in [0, 0.1) is 11.3 Å². The molecule has 0 aliphatic heterocycles. The molecular weight excluding hydrogens is 266 g/mol. The largest absolute Gasteiger partial charge is 0.467 e. The minimum Gasteiger partial charge on any atom is -0.467 e. The summed E-state index contributed by atoms with van der Waals surface area (Å²) in [7, 11) is 1.49. The van der Waals surface area contributed by atoms with Crippen LogP contribution in [-0.4, -0.2) is 22.1 Å². The summed E-state index contributed by atoms with van der Waals surface area (Å²) in [5.41, 5.74) is 7.98. The van der Waals surface area contributed by atoms with E-state index >= 15 is 0 Å². The van der Waals surface area contributed by atoms with Gasteiger partial charge in [0.1, 0.15) is 11.9 Å². The summed E-state index contributed by atoms with van der Waals surface area (Å²) in [5.74, 6) is 0.143. The average molecular weight is 277 g/mol. The molecule has 0 aliphatic rings. The van der Waals surface area contributed by atoms with Crippen LogP contribution in [0.3, 0.4) is 0 Å². The van der Waals surface area contributed by atoms with E-state index < -0.39 is 0 Å². The highest BCUT2D eigenvalue weighted by molar-refractivity contribution is 5.92. The van der Waals surface area contributed by atoms with Gasteiger partial charge in [0.25, 0.3) is 0 Å². The number of hydrogen-bond donors (Lipinski definition) is 1. The van der Waals surface area contributed by atoms with E-state index in [4.69, 9.17) is 15.7 Å². The lowest BCUT2D eigenvalue weighted by Crippen LogP contribution is -2.01. The fourth-order valence-electron chi connectivity index (χ4n) is 2.05. The van der Waals surface area contributed by atoms with Crippen molar-refractivity contribution in [3.05, 3.63) is 42.0 Å². The smallest absolute Gasteiger partial charge is 0.318 e. The molecule has 0 bridgehead atoms. The lowest BCUT2D eigenvalue weighted by Gasteiger charge is -2.08. The number of methoxy groups -OCH3 is 1. The van der Waals surface area contributed by atoms with E-state index in [1.54, 1.807) is 6.07 Å². The first-order chi connectivity index (χ1) is 10.2. The molecule has 0 saturated heterocycles. The molecule has 2 heterocycles. The molecule has 0 atom stereocenters. The minimum atomic E-state index is 0.143. The molecule has 0 saturated carbocycles. The first kappa shape index (κ1) is 12.8. The van der Waals surface area contributed by atoms with Crippen molar-refractivity contribution in [2.24, 2.45) is 0 Å². The zero-order valence-corrected chi connectivity index (χ0v) is 11.2. The molecule has 0 spiro atoms. The fraction of sp³-hybridized carbons (Fsp3) is 0.0667. The Hall–Kier alpha value is -3.20. The first-order valence-corrected chi connectivity index (χ1v) is 6.20. The molecule has 0 fully saturated rings. The molecule has 0 radical (unpaired) electrons. The van der Waals surface area contributed by atoms with Crippen LogP contribution in [0.1, 0.15) is 5.56 Å². The van der Waals surface area contributed by atoms with Crippen molar-refractivity contribution in [2.45, 2.75) is 0 Å². The highest BCUT2D eigenvalue weighted by atomic mass is 16.5. The lowest BCUT2D eigenvalue weighted by atomic mass is 10.1. The summed E-state index contributed by atoms with van der Waals surface area (Å²) in [6.07, 6.45) is 0. The van der Waals surface area contributed by atoms with Crippen molar-refractivity contribution in [3.8, 4) is 23.3 Å². The summed E-state index contributed by atoms with van der Waals surface area (Å²) in [6.45, 7) is 0. The summed E-state index contributed by atoms with van der Waals surface area (Å²) in [6, 6.07) is 13.5. The number of hydrogen-bond acceptors (Lipinski definition) is 6. The number of rotatable bonds is 2. The van der Waals surface area contributed by atoms with Gasteiger partial charge in [0.05, 0.1) is 18.4 Å². The van der Waals surface area contributed by atoms with Gasteiger partial charge >= 0.3 is 6.01 Å². The van der Waals surface area contributed by atoms with Crippen molar-refractivity contribution in [1.82, 2.24) is 15.0 Å². The number of aromatic nitrogens is 3. The Kier molecular flexibility index (Phi) is 3.09. The molecule has 3 aromatic rings. The summed E-state index contributed by atoms with van der Waals surface area (Å²) >= 11 is 0. The highest BCUT2D eigenvalue weighted by Crippen LogP contribution is 2.28. The second kappa shape index (κ2) is 5.06. The van der Waals surface area contributed by atoms with E-state index in [1.165, 1.54) is 7.11 Å². The van der Waals surface area contributed by atoms with Gasteiger partial charge in [-0.15, -0.1) is 0 Å². The molecular formula is C15H11N5O. The third-order valence-electron chi connectivity index (χ3n) is 3.05. The molecule has 102 valence electrons. The van der Waals surface area contributed by atoms with Gasteiger partial charge in [-0.2, -0.15) is 15.2 Å². The van der Waals surface area contributed by atoms with E-state index in [0.717, 1.165) is 5.56 Å². The molecule has 0 aliphatic carbocycles. The maximum atomic E-state index is 9.10. The monoisotopic (exact) mass is 277 g/mol. The predicted octanol–water partition coefficient (Wildman–Crippen LogP) is 2.15. The number of anilines is 1. The first-order valence-electron chi connectivity index (χ1n) is 6.20. The van der Waals surface area contributed by atoms with Gasteiger partial charge in [-0.05, 0) is 6.07 Å². The van der Waals surface area contributed by atoms with Crippen molar-refractivity contribution >= 4 is 16.9 Å². The Morgan fingerprint density at radius 2 is 1.90 bits per heavy atom. The van der Waals surface area contributed by atoms with Crippen LogP contribution in [0.5, 0.6) is 6.01 Å². The SMILES string of the molecule is COc1nc(-c2ccccc2)c2cc(C#N)c(N)nc2n1. The second-order valence-corrected chi connectivity index (χ2v) is 4.33. The van der Waals surface area contributed by atoms with E-state index in [-0.39, 0.29) is 11.8 Å². The maximum absolute atomic E-state index is 9.10. The maximum Gasteiger partial charge on any atom is 0.318 e. The van der Waals surface area contributed by atoms with E-state index in [1.807, 2.05) is 36.4 Å². The Morgan fingerprint density at radius 3 is 2.57 bits per heavy atom. The summed E-state index contributed by atoms with van der Waals surface area (Å²) in [5, 5.41) is 9.76. The second-order valence-electron chi connectivity index (χ2n) is 4.33. The van der Waals surface area contributed by atoms with E-state index in [2.05, 4.69) is 15.0 Å². The Morgan fingerprint density at radius 1 is 1.14 bits per heavy atom. The number of nitrogens with zero attached hydrogens (tertiary/aromatic N) is 4. The van der Waals surface area contributed by atoms with Gasteiger partial charge in [-0.25, -0.2) is 4.98 Å². The Balaban J connectivity index is 2.39. The number of fused-ring (bicyclic) bond motifs is 1. The molecule has 21 heavy (non-hydrogen) atoms. The number of ether oxygens (including phenoxy) is 1. The Labute approximate surface area is 120 Å². The standard InChI is InChI=1S/C15H11N5O/c1-21-15-18-12(9-5-3-2-4-6-9)11-7-10(8-16)13(17)19-14(11)20-15/h2-7H,1H3,(H2,17,18,19,20). The third kappa shape index (κ3) is 2.21. The van der Waals surface area contributed by atoms with Gasteiger partial charge in [-0.3, -0.25) is 0 Å². The number of pyridine rings is 1. The van der Waals surface area contributed by atoms with Crippen molar-refractivity contribution < 1.29 is 4.74 Å². The van der Waals surface area contributed by atoms with Crippen LogP contribution < -0.4 is 10.5 Å². The van der Waals surface area contributed by atoms with E-state index in [0.29, 0.717) is 22.3 Å². The van der Waals surface area contributed by atoms with Gasteiger partial charge in [-0.1, -0.05) is 30.3 Å². The molecule has 0 unspecified atom stereocenters. The normalized spacial score (nSPS) is 10.3. The zero-order chi connectivity index (χ0) is 14.8. The summed E-state index contributed by atoms with van der Waals surface area (Å²) < 4.78 is 5.11. The number of nitriles is 1. The van der Waals surface area contributed by atoms with Crippen molar-refractivity contribution in [3.63, 3.8) is 0 Å². The molecule has 0 amide bonds. The van der Waals surface area contributed by atoms with E-state index in [9.17, 15) is 0 Å². The van der Waals surface area contributed by atoms with Crippen molar-refractivity contribution in [2.75, 3.05) is 12.8 Å². The molecule has 6 heteroatoms. The molecule has 3 rings (SSSR count). The summed E-state index contributed by atoms with van der Waals surface area (Å²) in [4.78, 5) is 12.7. The number of nitrogens with two attached hydrogens (primary N) is 1. The van der Waals surface area contributed by atoms with Crippen molar-refractivity contribution in [1.29, 1.82) is 5.26 Å². The van der Waals surface area contributed by atoms with Gasteiger partial charge < -0.3 is 10.5 Å². The number of benzene rings is 1. The van der Waals surface area contributed by atoms with Gasteiger partial charge in [0, 0.05) is 10.9 Å². The van der Waals surface area contributed by atoms with Crippen LogP contribution >= 0.6 is 0 Å². The third-order valence-corrected chi connectivity index (χ3v) is 3.05. The predicted molar refractivity (Wildman–Crippen MR) is 78.4 cm³/mol. The molecule has 6 nitrogen and oxygen atoms in total. The molecule has 1 aromatic carbocycles. The Bertz CT molecular complexity index is 855. The van der Waals surface area contributed by atoms with Gasteiger partial charge in [0.15, 0.2) is 5.65 Å². The lowest BCUT2D eigenvalue weighted by molar-refractivity contribution is 0.382. The number of nitrogen functional groups attached to an aromatic ring is 1. The van der Waals surface area contributed by atoms with Crippen LogP contribution in [0.25, 0.3) is 22.3 Å². The zero-order valence-electron chi connectivity index (χ0n) is 11.2. The van der Waals surface area contributed by atoms with Crippen LogP contribution in [0.2, 0.25) is 0 Å². The fourth-order valence-corrected chi connectivity index (χ4v) is 2.05. The molecule has 2 aromatic heterocycles.